The normalized spacial score (nSPS) is 15.2. The molecule has 2 heterocycles. The molecule has 9 nitrogen and oxygen atoms in total. The molecule has 0 radical (unpaired) electrons. The number of rotatable bonds is 4. The van der Waals surface area contributed by atoms with Crippen LogP contribution in [0.2, 0.25) is 0 Å². The number of nitro benzene ring substituents is 1. The Labute approximate surface area is 186 Å². The first-order valence-electron chi connectivity index (χ1n) is 9.78. The lowest BCUT2D eigenvalue weighted by atomic mass is 10.1. The van der Waals surface area contributed by atoms with Gasteiger partial charge in [0.25, 0.3) is 17.5 Å². The van der Waals surface area contributed by atoms with Crippen molar-refractivity contribution in [2.24, 2.45) is 0 Å². The van der Waals surface area contributed by atoms with E-state index < -0.39 is 28.6 Å². The Morgan fingerprint density at radius 3 is 2.33 bits per heavy atom. The lowest BCUT2D eigenvalue weighted by Crippen LogP contribution is -2.54. The van der Waals surface area contributed by atoms with Crippen LogP contribution in [-0.2, 0) is 9.59 Å². The van der Waals surface area contributed by atoms with E-state index in [1.165, 1.54) is 36.4 Å². The number of barbiturate groups is 1. The van der Waals surface area contributed by atoms with Gasteiger partial charge in [0.2, 0.25) is 0 Å². The smallest absolute Gasteiger partial charge is 0.318 e. The van der Waals surface area contributed by atoms with Crippen molar-refractivity contribution in [3.63, 3.8) is 0 Å². The van der Waals surface area contributed by atoms with Crippen molar-refractivity contribution in [3.05, 3.63) is 93.1 Å². The summed E-state index contributed by atoms with van der Waals surface area (Å²) in [6.45, 7) is 3.57. The van der Waals surface area contributed by atoms with Crippen LogP contribution in [0.4, 0.5) is 20.6 Å². The number of aryl methyl sites for hydroxylation is 1. The van der Waals surface area contributed by atoms with Crippen LogP contribution in [0.25, 0.3) is 11.8 Å². The Balaban J connectivity index is 1.74. The zero-order valence-electron chi connectivity index (χ0n) is 17.5. The largest absolute Gasteiger partial charge is 0.335 e. The molecule has 1 fully saturated rings. The van der Waals surface area contributed by atoms with Gasteiger partial charge >= 0.3 is 6.03 Å². The van der Waals surface area contributed by atoms with Gasteiger partial charge in [-0.2, -0.15) is 0 Å². The summed E-state index contributed by atoms with van der Waals surface area (Å²) in [6, 6.07) is 11.7. The third-order valence-corrected chi connectivity index (χ3v) is 5.26. The summed E-state index contributed by atoms with van der Waals surface area (Å²) in [6.07, 6.45) is 1.36. The quantitative estimate of drug-likeness (QED) is 0.282. The number of non-ortho nitro benzene ring substituents is 1. The predicted molar refractivity (Wildman–Crippen MR) is 117 cm³/mol. The van der Waals surface area contributed by atoms with E-state index >= 15 is 0 Å². The lowest BCUT2D eigenvalue weighted by molar-refractivity contribution is -0.384. The molecule has 33 heavy (non-hydrogen) atoms. The lowest BCUT2D eigenvalue weighted by Gasteiger charge is -2.26. The summed E-state index contributed by atoms with van der Waals surface area (Å²) in [7, 11) is 0. The molecule has 4 amide bonds. The number of hydrogen-bond donors (Lipinski definition) is 1. The second kappa shape index (κ2) is 8.15. The van der Waals surface area contributed by atoms with E-state index in [9.17, 15) is 28.9 Å². The highest BCUT2D eigenvalue weighted by molar-refractivity contribution is 6.39. The third kappa shape index (κ3) is 3.89. The molecule has 1 aliphatic heterocycles. The maximum atomic E-state index is 13.6. The first-order valence-corrected chi connectivity index (χ1v) is 9.78. The Kier molecular flexibility index (Phi) is 5.34. The number of urea groups is 1. The minimum absolute atomic E-state index is 0.00717. The number of anilines is 1. The first kappa shape index (κ1) is 21.6. The summed E-state index contributed by atoms with van der Waals surface area (Å²) in [5.41, 5.74) is 2.29. The van der Waals surface area contributed by atoms with Gasteiger partial charge in [0.1, 0.15) is 11.4 Å². The van der Waals surface area contributed by atoms with Crippen LogP contribution in [-0.4, -0.2) is 27.3 Å². The van der Waals surface area contributed by atoms with Gasteiger partial charge in [-0.15, -0.1) is 0 Å². The number of benzene rings is 2. The fourth-order valence-corrected chi connectivity index (χ4v) is 3.72. The van der Waals surface area contributed by atoms with Gasteiger partial charge in [0, 0.05) is 29.2 Å². The number of hydrogen-bond acceptors (Lipinski definition) is 5. The molecule has 0 atom stereocenters. The van der Waals surface area contributed by atoms with E-state index in [1.807, 2.05) is 11.5 Å². The van der Waals surface area contributed by atoms with Crippen LogP contribution >= 0.6 is 0 Å². The Morgan fingerprint density at radius 2 is 1.70 bits per heavy atom. The molecule has 166 valence electrons. The van der Waals surface area contributed by atoms with Crippen molar-refractivity contribution in [3.8, 4) is 5.69 Å². The van der Waals surface area contributed by atoms with Gasteiger partial charge in [0.15, 0.2) is 0 Å². The van der Waals surface area contributed by atoms with Crippen LogP contribution in [0.3, 0.4) is 0 Å². The number of aromatic nitrogens is 1. The molecule has 0 saturated carbocycles. The Bertz CT molecular complexity index is 1360. The summed E-state index contributed by atoms with van der Waals surface area (Å²) < 4.78 is 15.5. The van der Waals surface area contributed by atoms with Crippen LogP contribution < -0.4 is 10.2 Å². The van der Waals surface area contributed by atoms with Crippen LogP contribution in [0.5, 0.6) is 0 Å². The maximum Gasteiger partial charge on any atom is 0.335 e. The maximum absolute atomic E-state index is 13.6. The molecule has 0 unspecified atom stereocenters. The topological polar surface area (TPSA) is 115 Å². The molecular formula is C23H17FN4O5. The van der Waals surface area contributed by atoms with Crippen molar-refractivity contribution in [2.75, 3.05) is 4.90 Å². The highest BCUT2D eigenvalue weighted by atomic mass is 19.1. The number of nitrogens with zero attached hydrogens (tertiary/aromatic N) is 3. The molecule has 2 aromatic carbocycles. The Morgan fingerprint density at radius 1 is 1.00 bits per heavy atom. The molecular weight excluding hydrogens is 431 g/mol. The molecule has 0 bridgehead atoms. The number of amides is 4. The average Bonchev–Trinajstić information content (AvgIpc) is 3.04. The molecule has 1 aromatic heterocycles. The van der Waals surface area contributed by atoms with Gasteiger partial charge in [-0.05, 0) is 61.9 Å². The number of nitro groups is 1. The summed E-state index contributed by atoms with van der Waals surface area (Å²) in [5, 5.41) is 13.0. The van der Waals surface area contributed by atoms with Crippen molar-refractivity contribution in [1.82, 2.24) is 9.88 Å². The third-order valence-electron chi connectivity index (χ3n) is 5.26. The van der Waals surface area contributed by atoms with Crippen molar-refractivity contribution in [2.45, 2.75) is 13.8 Å². The van der Waals surface area contributed by atoms with Crippen molar-refractivity contribution in [1.29, 1.82) is 0 Å². The molecule has 0 aliphatic carbocycles. The average molecular weight is 448 g/mol. The molecule has 1 aliphatic rings. The SMILES string of the molecule is Cc1cc(/C=C2/C(=O)NC(=O)N(c3cccc(F)c3)C2=O)c(C)n1-c1ccc([N+](=O)[O-])cc1. The van der Waals surface area contributed by atoms with Crippen molar-refractivity contribution >= 4 is 35.3 Å². The number of nitrogens with one attached hydrogen (secondary N) is 1. The molecule has 3 aromatic rings. The zero-order chi connectivity index (χ0) is 23.9. The predicted octanol–water partition coefficient (Wildman–Crippen LogP) is 3.81. The van der Waals surface area contributed by atoms with E-state index in [0.29, 0.717) is 21.8 Å². The van der Waals surface area contributed by atoms with Gasteiger partial charge in [-0.1, -0.05) is 6.07 Å². The second-order valence-electron chi connectivity index (χ2n) is 7.37. The van der Waals surface area contributed by atoms with E-state index in [0.717, 1.165) is 11.8 Å². The zero-order valence-corrected chi connectivity index (χ0v) is 17.5. The standard InChI is InChI=1S/C23H17FN4O5/c1-13-10-15(14(2)26(13)17-6-8-18(9-7-17)28(32)33)11-20-21(29)25-23(31)27(22(20)30)19-5-3-4-16(24)12-19/h3-12H,1-2H3,(H,25,29,31)/b20-11-. The van der Waals surface area contributed by atoms with Crippen LogP contribution in [0, 0.1) is 29.8 Å². The van der Waals surface area contributed by atoms with E-state index in [4.69, 9.17) is 0 Å². The first-order chi connectivity index (χ1) is 15.7. The van der Waals surface area contributed by atoms with Gasteiger partial charge < -0.3 is 4.57 Å². The van der Waals surface area contributed by atoms with Crippen LogP contribution in [0.1, 0.15) is 17.0 Å². The van der Waals surface area contributed by atoms with E-state index in [-0.39, 0.29) is 16.9 Å². The van der Waals surface area contributed by atoms with E-state index in [1.54, 1.807) is 25.1 Å². The number of halogens is 1. The molecule has 1 saturated heterocycles. The monoisotopic (exact) mass is 448 g/mol. The summed E-state index contributed by atoms with van der Waals surface area (Å²) in [4.78, 5) is 48.9. The van der Waals surface area contributed by atoms with Gasteiger partial charge in [0.05, 0.1) is 10.6 Å². The fraction of sp³-hybridized carbons (Fsp3) is 0.0870. The highest BCUT2D eigenvalue weighted by Crippen LogP contribution is 2.27. The minimum atomic E-state index is -0.968. The fourth-order valence-electron chi connectivity index (χ4n) is 3.72. The highest BCUT2D eigenvalue weighted by Gasteiger charge is 2.37. The minimum Gasteiger partial charge on any atom is -0.318 e. The molecule has 4 rings (SSSR count). The number of carbonyl (C=O) groups is 3. The Hall–Kier alpha value is -4.60. The number of imide groups is 2. The second-order valence-corrected chi connectivity index (χ2v) is 7.37. The van der Waals surface area contributed by atoms with Gasteiger partial charge in [-0.3, -0.25) is 25.0 Å². The van der Waals surface area contributed by atoms with Crippen LogP contribution in [0.15, 0.2) is 60.2 Å². The summed E-state index contributed by atoms with van der Waals surface area (Å²) in [5.74, 6) is -2.38. The summed E-state index contributed by atoms with van der Waals surface area (Å²) >= 11 is 0. The van der Waals surface area contributed by atoms with Gasteiger partial charge in [-0.25, -0.2) is 14.1 Å². The molecule has 0 spiro atoms. The van der Waals surface area contributed by atoms with E-state index in [2.05, 4.69) is 5.32 Å². The number of carbonyl (C=O) groups excluding carboxylic acids is 3. The molecule has 10 heteroatoms. The van der Waals surface area contributed by atoms with Crippen molar-refractivity contribution < 1.29 is 23.7 Å². The molecule has 1 N–H and O–H groups in total.